The maximum atomic E-state index is 6.32. The molecule has 2 aliphatic rings. The third kappa shape index (κ3) is 3.72. The van der Waals surface area contributed by atoms with Crippen molar-refractivity contribution < 1.29 is 4.74 Å². The van der Waals surface area contributed by atoms with Crippen molar-refractivity contribution in [1.29, 1.82) is 0 Å². The SMILES string of the molecule is C=c1c(N2CCOCC2)cc(Cl)c/c1=C/N(C)CC1CC1. The molecule has 0 atom stereocenters. The molecule has 0 bridgehead atoms. The molecule has 1 aromatic rings. The summed E-state index contributed by atoms with van der Waals surface area (Å²) in [7, 11) is 2.13. The molecule has 0 spiro atoms. The molecule has 114 valence electrons. The van der Waals surface area contributed by atoms with E-state index in [0.29, 0.717) is 0 Å². The van der Waals surface area contributed by atoms with Crippen LogP contribution in [0.1, 0.15) is 12.8 Å². The minimum absolute atomic E-state index is 0.770. The number of hydrogen-bond acceptors (Lipinski definition) is 3. The number of nitrogens with zero attached hydrogens (tertiary/aromatic N) is 2. The van der Waals surface area contributed by atoms with E-state index < -0.39 is 0 Å². The summed E-state index contributed by atoms with van der Waals surface area (Å²) in [4.78, 5) is 4.58. The van der Waals surface area contributed by atoms with Crippen molar-refractivity contribution in [2.45, 2.75) is 12.8 Å². The van der Waals surface area contributed by atoms with E-state index in [-0.39, 0.29) is 0 Å². The third-order valence-corrected chi connectivity index (χ3v) is 4.40. The van der Waals surface area contributed by atoms with Gasteiger partial charge in [-0.05, 0) is 36.1 Å². The van der Waals surface area contributed by atoms with Crippen LogP contribution in [0.15, 0.2) is 12.1 Å². The molecule has 3 nitrogen and oxygen atoms in total. The number of halogens is 1. The molecule has 0 radical (unpaired) electrons. The summed E-state index contributed by atoms with van der Waals surface area (Å²) in [6.07, 6.45) is 4.91. The predicted molar refractivity (Wildman–Crippen MR) is 89.1 cm³/mol. The van der Waals surface area contributed by atoms with Gasteiger partial charge >= 0.3 is 0 Å². The van der Waals surface area contributed by atoms with Crippen molar-refractivity contribution in [2.24, 2.45) is 5.92 Å². The van der Waals surface area contributed by atoms with Gasteiger partial charge in [0.15, 0.2) is 0 Å². The zero-order chi connectivity index (χ0) is 14.8. The molecule has 1 aromatic carbocycles. The quantitative estimate of drug-likeness (QED) is 0.841. The Hall–Kier alpha value is -1.19. The van der Waals surface area contributed by atoms with Crippen molar-refractivity contribution in [3.8, 4) is 0 Å². The van der Waals surface area contributed by atoms with E-state index in [2.05, 4.69) is 29.6 Å². The molecule has 1 saturated heterocycles. The molecule has 4 heteroatoms. The lowest BCUT2D eigenvalue weighted by molar-refractivity contribution is 0.122. The van der Waals surface area contributed by atoms with Gasteiger partial charge < -0.3 is 14.5 Å². The first-order valence-electron chi connectivity index (χ1n) is 7.67. The number of anilines is 1. The van der Waals surface area contributed by atoms with Crippen LogP contribution >= 0.6 is 11.6 Å². The van der Waals surface area contributed by atoms with Crippen molar-refractivity contribution in [3.05, 3.63) is 27.6 Å². The smallest absolute Gasteiger partial charge is 0.0642 e. The summed E-state index contributed by atoms with van der Waals surface area (Å²) in [5.74, 6) is 0.873. The summed E-state index contributed by atoms with van der Waals surface area (Å²) in [6.45, 7) is 8.76. The summed E-state index contributed by atoms with van der Waals surface area (Å²) in [5.41, 5.74) is 1.14. The Kier molecular flexibility index (Phi) is 4.41. The van der Waals surface area contributed by atoms with Crippen LogP contribution in [-0.4, -0.2) is 44.8 Å². The molecule has 1 heterocycles. The zero-order valence-corrected chi connectivity index (χ0v) is 13.4. The van der Waals surface area contributed by atoms with Gasteiger partial charge in [-0.15, -0.1) is 0 Å². The maximum Gasteiger partial charge on any atom is 0.0642 e. The molecular weight excluding hydrogens is 284 g/mol. The first-order chi connectivity index (χ1) is 10.1. The molecule has 0 N–H and O–H groups in total. The predicted octanol–water partition coefficient (Wildman–Crippen LogP) is 1.67. The fourth-order valence-electron chi connectivity index (χ4n) is 2.84. The fraction of sp³-hybridized carbons (Fsp3) is 0.529. The normalized spacial score (nSPS) is 19.9. The third-order valence-electron chi connectivity index (χ3n) is 4.18. The van der Waals surface area contributed by atoms with Gasteiger partial charge in [0.25, 0.3) is 0 Å². The van der Waals surface area contributed by atoms with Crippen LogP contribution in [-0.2, 0) is 4.74 Å². The Morgan fingerprint density at radius 3 is 2.76 bits per heavy atom. The van der Waals surface area contributed by atoms with E-state index in [4.69, 9.17) is 16.3 Å². The van der Waals surface area contributed by atoms with Gasteiger partial charge in [-0.3, -0.25) is 0 Å². The molecule has 3 rings (SSSR count). The van der Waals surface area contributed by atoms with E-state index >= 15 is 0 Å². The molecule has 0 amide bonds. The zero-order valence-electron chi connectivity index (χ0n) is 12.6. The van der Waals surface area contributed by atoms with Gasteiger partial charge in [0.1, 0.15) is 0 Å². The van der Waals surface area contributed by atoms with Crippen LogP contribution in [0.5, 0.6) is 0 Å². The molecule has 0 unspecified atom stereocenters. The van der Waals surface area contributed by atoms with Gasteiger partial charge in [-0.2, -0.15) is 0 Å². The van der Waals surface area contributed by atoms with Gasteiger partial charge in [-0.1, -0.05) is 18.2 Å². The van der Waals surface area contributed by atoms with E-state index in [0.717, 1.165) is 59.9 Å². The number of ether oxygens (including phenoxy) is 1. The Labute approximate surface area is 131 Å². The van der Waals surface area contributed by atoms with Crippen molar-refractivity contribution in [1.82, 2.24) is 4.90 Å². The fourth-order valence-corrected chi connectivity index (χ4v) is 3.06. The molecule has 1 aliphatic heterocycles. The van der Waals surface area contributed by atoms with Gasteiger partial charge in [0.05, 0.1) is 13.2 Å². The number of hydrogen-bond donors (Lipinski definition) is 0. The first kappa shape index (κ1) is 14.7. The minimum atomic E-state index is 0.770. The van der Waals surface area contributed by atoms with Crippen LogP contribution in [0.25, 0.3) is 12.8 Å². The van der Waals surface area contributed by atoms with Crippen LogP contribution < -0.4 is 15.3 Å². The summed E-state index contributed by atoms with van der Waals surface area (Å²) in [6, 6.07) is 4.03. The largest absolute Gasteiger partial charge is 0.380 e. The topological polar surface area (TPSA) is 15.7 Å². The van der Waals surface area contributed by atoms with Crippen LogP contribution in [0.2, 0.25) is 5.02 Å². The summed E-state index contributed by atoms with van der Waals surface area (Å²) in [5, 5.41) is 2.95. The minimum Gasteiger partial charge on any atom is -0.380 e. The molecule has 2 fully saturated rings. The Bertz CT molecular complexity index is 606. The average Bonchev–Trinajstić information content (AvgIpc) is 3.27. The van der Waals surface area contributed by atoms with Crippen molar-refractivity contribution >= 4 is 30.1 Å². The monoisotopic (exact) mass is 306 g/mol. The lowest BCUT2D eigenvalue weighted by atomic mass is 10.2. The number of morpholine rings is 1. The van der Waals surface area contributed by atoms with Crippen molar-refractivity contribution in [2.75, 3.05) is 44.8 Å². The molecule has 21 heavy (non-hydrogen) atoms. The van der Waals surface area contributed by atoms with Crippen LogP contribution in [0, 0.1) is 5.92 Å². The average molecular weight is 307 g/mol. The Morgan fingerprint density at radius 2 is 2.10 bits per heavy atom. The standard InChI is InChI=1S/C17H23ClN2O/c1-13-15(12-19(2)11-14-3-4-14)9-16(18)10-17(13)20-5-7-21-8-6-20/h9-10,12,14H,1,3-8,11H2,2H3/b15-12-. The van der Waals surface area contributed by atoms with E-state index in [1.807, 2.05) is 12.1 Å². The van der Waals surface area contributed by atoms with Gasteiger partial charge in [-0.25, -0.2) is 0 Å². The molecule has 0 aromatic heterocycles. The lowest BCUT2D eigenvalue weighted by Gasteiger charge is -2.29. The Morgan fingerprint density at radius 1 is 1.38 bits per heavy atom. The van der Waals surface area contributed by atoms with Gasteiger partial charge in [0, 0.05) is 48.8 Å². The second-order valence-corrected chi connectivity index (χ2v) is 6.54. The van der Waals surface area contributed by atoms with Crippen LogP contribution in [0.3, 0.4) is 0 Å². The molecule has 1 aliphatic carbocycles. The highest BCUT2D eigenvalue weighted by molar-refractivity contribution is 6.30. The highest BCUT2D eigenvalue weighted by Crippen LogP contribution is 2.29. The van der Waals surface area contributed by atoms with E-state index in [9.17, 15) is 0 Å². The van der Waals surface area contributed by atoms with E-state index in [1.165, 1.54) is 12.8 Å². The second kappa shape index (κ2) is 6.29. The maximum absolute atomic E-state index is 6.32. The Balaban J connectivity index is 1.90. The number of rotatable bonds is 4. The summed E-state index contributed by atoms with van der Waals surface area (Å²) < 4.78 is 5.43. The van der Waals surface area contributed by atoms with Gasteiger partial charge in [0.2, 0.25) is 0 Å². The second-order valence-electron chi connectivity index (χ2n) is 6.10. The summed E-state index contributed by atoms with van der Waals surface area (Å²) >= 11 is 6.32. The van der Waals surface area contributed by atoms with E-state index in [1.54, 1.807) is 0 Å². The highest BCUT2D eigenvalue weighted by Gasteiger charge is 2.21. The van der Waals surface area contributed by atoms with Crippen molar-refractivity contribution in [3.63, 3.8) is 0 Å². The highest BCUT2D eigenvalue weighted by atomic mass is 35.5. The lowest BCUT2D eigenvalue weighted by Crippen LogP contribution is -2.41. The number of benzene rings is 1. The molecular formula is C17H23ClN2O. The van der Waals surface area contributed by atoms with Crippen LogP contribution in [0.4, 0.5) is 5.69 Å². The first-order valence-corrected chi connectivity index (χ1v) is 8.04. The molecule has 1 saturated carbocycles.